The number of pyridine rings is 1. The van der Waals surface area contributed by atoms with Crippen molar-refractivity contribution < 1.29 is 17.9 Å². The summed E-state index contributed by atoms with van der Waals surface area (Å²) in [7, 11) is 0. The van der Waals surface area contributed by atoms with Crippen LogP contribution in [0.15, 0.2) is 71.9 Å². The standard InChI is InChI=1S/C27H22F3N7O2/c1-17(19-8-9-21(33-14-19)27(28,29)30)37-25-24(20(36-37)16-39-15-18-6-3-2-4-7-18)26(38)35-23(34-25)11-10-22-31-12-5-13-32-22/h2-14,17H,15-16H2,1H3,(H,34,35,38). The molecule has 12 heteroatoms. The summed E-state index contributed by atoms with van der Waals surface area (Å²) in [4.78, 5) is 32.3. The minimum atomic E-state index is -4.55. The fourth-order valence-electron chi connectivity index (χ4n) is 3.93. The lowest BCUT2D eigenvalue weighted by Crippen LogP contribution is -2.14. The summed E-state index contributed by atoms with van der Waals surface area (Å²) in [5.74, 6) is 0.656. The van der Waals surface area contributed by atoms with Crippen LogP contribution < -0.4 is 5.56 Å². The van der Waals surface area contributed by atoms with Gasteiger partial charge >= 0.3 is 6.18 Å². The van der Waals surface area contributed by atoms with Gasteiger partial charge in [-0.05, 0) is 42.3 Å². The SMILES string of the molecule is CC(c1ccc(C(F)(F)F)nc1)n1nc(COCc2ccccc2)c2c(=O)[nH]c(C=Cc3ncccn3)nc21. The van der Waals surface area contributed by atoms with E-state index in [1.54, 1.807) is 37.5 Å². The zero-order chi connectivity index (χ0) is 27.4. The monoisotopic (exact) mass is 533 g/mol. The molecule has 1 atom stereocenters. The summed E-state index contributed by atoms with van der Waals surface area (Å²) in [5, 5.41) is 4.82. The highest BCUT2D eigenvalue weighted by Gasteiger charge is 2.32. The van der Waals surface area contributed by atoms with Gasteiger partial charge in [-0.1, -0.05) is 36.4 Å². The Bertz CT molecular complexity index is 1650. The van der Waals surface area contributed by atoms with Gasteiger partial charge in [0, 0.05) is 18.6 Å². The first kappa shape index (κ1) is 25.9. The Labute approximate surface area is 220 Å². The van der Waals surface area contributed by atoms with Crippen molar-refractivity contribution in [3.05, 3.63) is 112 Å². The van der Waals surface area contributed by atoms with Gasteiger partial charge in [0.05, 0.1) is 19.3 Å². The highest BCUT2D eigenvalue weighted by atomic mass is 19.4. The molecule has 0 amide bonds. The van der Waals surface area contributed by atoms with E-state index in [0.29, 0.717) is 23.7 Å². The summed E-state index contributed by atoms with van der Waals surface area (Å²) < 4.78 is 46.4. The minimum absolute atomic E-state index is 0.0220. The predicted molar refractivity (Wildman–Crippen MR) is 137 cm³/mol. The quantitative estimate of drug-likeness (QED) is 0.304. The van der Waals surface area contributed by atoms with Gasteiger partial charge in [0.1, 0.15) is 22.6 Å². The van der Waals surface area contributed by atoms with Gasteiger partial charge in [-0.3, -0.25) is 9.78 Å². The molecule has 1 aromatic carbocycles. The lowest BCUT2D eigenvalue weighted by Gasteiger charge is -2.14. The minimum Gasteiger partial charge on any atom is -0.370 e. The average Bonchev–Trinajstić information content (AvgIpc) is 3.31. The smallest absolute Gasteiger partial charge is 0.370 e. The second-order valence-corrected chi connectivity index (χ2v) is 8.61. The van der Waals surface area contributed by atoms with Gasteiger partial charge < -0.3 is 9.72 Å². The van der Waals surface area contributed by atoms with Crippen molar-refractivity contribution in [2.45, 2.75) is 32.4 Å². The molecule has 0 aliphatic heterocycles. The number of rotatable bonds is 8. The molecule has 198 valence electrons. The van der Waals surface area contributed by atoms with Crippen molar-refractivity contribution in [2.75, 3.05) is 0 Å². The molecule has 0 aliphatic rings. The predicted octanol–water partition coefficient (Wildman–Crippen LogP) is 4.82. The number of nitrogens with zero attached hydrogens (tertiary/aromatic N) is 6. The Morgan fingerprint density at radius 2 is 1.77 bits per heavy atom. The number of aromatic nitrogens is 7. The van der Waals surface area contributed by atoms with Gasteiger partial charge in [0.25, 0.3) is 5.56 Å². The van der Waals surface area contributed by atoms with E-state index in [0.717, 1.165) is 17.8 Å². The zero-order valence-corrected chi connectivity index (χ0v) is 20.6. The van der Waals surface area contributed by atoms with Gasteiger partial charge in [-0.25, -0.2) is 19.6 Å². The van der Waals surface area contributed by atoms with Crippen LogP contribution in [0.3, 0.4) is 0 Å². The Balaban J connectivity index is 1.52. The third kappa shape index (κ3) is 5.91. The number of halogens is 3. The molecule has 0 bridgehead atoms. The molecule has 39 heavy (non-hydrogen) atoms. The maximum Gasteiger partial charge on any atom is 0.433 e. The number of hydrogen-bond donors (Lipinski definition) is 1. The Hall–Kier alpha value is -4.71. The van der Waals surface area contributed by atoms with Crippen LogP contribution in [-0.4, -0.2) is 34.7 Å². The second kappa shape index (κ2) is 11.0. The molecule has 5 rings (SSSR count). The number of hydrogen-bond acceptors (Lipinski definition) is 7. The number of H-pyrrole nitrogens is 1. The molecule has 4 heterocycles. The number of benzene rings is 1. The fourth-order valence-corrected chi connectivity index (χ4v) is 3.93. The van der Waals surface area contributed by atoms with E-state index in [4.69, 9.17) is 4.74 Å². The van der Waals surface area contributed by atoms with E-state index in [9.17, 15) is 18.0 Å². The van der Waals surface area contributed by atoms with Gasteiger partial charge in [0.15, 0.2) is 11.5 Å². The molecule has 0 saturated heterocycles. The summed E-state index contributed by atoms with van der Waals surface area (Å²) in [6, 6.07) is 12.9. The van der Waals surface area contributed by atoms with Gasteiger partial charge in [-0.2, -0.15) is 18.3 Å². The number of alkyl halides is 3. The first-order valence-corrected chi connectivity index (χ1v) is 11.9. The summed E-state index contributed by atoms with van der Waals surface area (Å²) in [5.41, 5.74) is 0.579. The topological polar surface area (TPSA) is 111 Å². The van der Waals surface area contributed by atoms with Crippen molar-refractivity contribution >= 4 is 23.2 Å². The fraction of sp³-hybridized carbons (Fsp3) is 0.185. The van der Waals surface area contributed by atoms with Crippen LogP contribution in [0.1, 0.15) is 47.1 Å². The Kier molecular flexibility index (Phi) is 7.28. The lowest BCUT2D eigenvalue weighted by atomic mass is 10.1. The molecular formula is C27H22F3N7O2. The normalized spacial score (nSPS) is 12.8. The Morgan fingerprint density at radius 3 is 2.46 bits per heavy atom. The van der Waals surface area contributed by atoms with Crippen molar-refractivity contribution in [2.24, 2.45) is 0 Å². The van der Waals surface area contributed by atoms with Crippen molar-refractivity contribution in [3.63, 3.8) is 0 Å². The number of fused-ring (bicyclic) bond motifs is 1. The van der Waals surface area contributed by atoms with E-state index in [2.05, 4.69) is 30.0 Å². The first-order chi connectivity index (χ1) is 18.8. The van der Waals surface area contributed by atoms with Crippen molar-refractivity contribution in [1.82, 2.24) is 34.7 Å². The van der Waals surface area contributed by atoms with Crippen LogP contribution >= 0.6 is 0 Å². The molecule has 0 spiro atoms. The first-order valence-electron chi connectivity index (χ1n) is 11.9. The second-order valence-electron chi connectivity index (χ2n) is 8.61. The lowest BCUT2D eigenvalue weighted by molar-refractivity contribution is -0.141. The van der Waals surface area contributed by atoms with Gasteiger partial charge in [-0.15, -0.1) is 0 Å². The molecule has 0 fully saturated rings. The highest BCUT2D eigenvalue weighted by molar-refractivity contribution is 5.79. The molecule has 5 aromatic rings. The zero-order valence-electron chi connectivity index (χ0n) is 20.6. The van der Waals surface area contributed by atoms with Crippen LogP contribution in [0, 0.1) is 0 Å². The largest absolute Gasteiger partial charge is 0.433 e. The maximum absolute atomic E-state index is 13.2. The van der Waals surface area contributed by atoms with E-state index in [1.165, 1.54) is 10.7 Å². The summed E-state index contributed by atoms with van der Waals surface area (Å²) >= 11 is 0. The third-order valence-electron chi connectivity index (χ3n) is 5.91. The highest BCUT2D eigenvalue weighted by Crippen LogP contribution is 2.29. The molecule has 9 nitrogen and oxygen atoms in total. The van der Waals surface area contributed by atoms with Crippen molar-refractivity contribution in [3.8, 4) is 0 Å². The van der Waals surface area contributed by atoms with Crippen LogP contribution in [0.4, 0.5) is 13.2 Å². The van der Waals surface area contributed by atoms with Crippen molar-refractivity contribution in [1.29, 1.82) is 0 Å². The van der Waals surface area contributed by atoms with Crippen LogP contribution in [0.5, 0.6) is 0 Å². The summed E-state index contributed by atoms with van der Waals surface area (Å²) in [6.07, 6.45) is 2.92. The van der Waals surface area contributed by atoms with Crippen LogP contribution in [-0.2, 0) is 24.1 Å². The summed E-state index contributed by atoms with van der Waals surface area (Å²) in [6.45, 7) is 2.06. The Morgan fingerprint density at radius 1 is 1.00 bits per heavy atom. The van der Waals surface area contributed by atoms with E-state index < -0.39 is 23.5 Å². The van der Waals surface area contributed by atoms with E-state index in [-0.39, 0.29) is 23.5 Å². The van der Waals surface area contributed by atoms with E-state index >= 15 is 0 Å². The average molecular weight is 534 g/mol. The number of aromatic amines is 1. The van der Waals surface area contributed by atoms with Crippen LogP contribution in [0.2, 0.25) is 0 Å². The number of ether oxygens (including phenoxy) is 1. The molecule has 0 saturated carbocycles. The number of nitrogens with one attached hydrogen (secondary N) is 1. The van der Waals surface area contributed by atoms with E-state index in [1.807, 2.05) is 30.3 Å². The molecule has 1 unspecified atom stereocenters. The van der Waals surface area contributed by atoms with Crippen LogP contribution in [0.25, 0.3) is 23.2 Å². The molecule has 0 aliphatic carbocycles. The molecular weight excluding hydrogens is 511 g/mol. The molecule has 1 N–H and O–H groups in total. The molecule has 0 radical (unpaired) electrons. The van der Waals surface area contributed by atoms with Gasteiger partial charge in [0.2, 0.25) is 0 Å². The molecule has 4 aromatic heterocycles. The third-order valence-corrected chi connectivity index (χ3v) is 5.91. The maximum atomic E-state index is 13.2.